The topological polar surface area (TPSA) is 85.9 Å². The molecule has 0 spiro atoms. The van der Waals surface area contributed by atoms with Gasteiger partial charge in [0.2, 0.25) is 7.26 Å². The molecule has 2 radical (unpaired) electrons. The monoisotopic (exact) mass is 444 g/mol. The molecule has 30 heavy (non-hydrogen) atoms. The Labute approximate surface area is 184 Å². The van der Waals surface area contributed by atoms with Crippen LogP contribution >= 0.6 is 11.5 Å². The molecule has 168 valence electrons. The van der Waals surface area contributed by atoms with Crippen LogP contribution in [-0.4, -0.2) is 44.8 Å². The summed E-state index contributed by atoms with van der Waals surface area (Å²) in [4.78, 5) is 22.9. The highest BCUT2D eigenvalue weighted by Crippen LogP contribution is 2.16. The van der Waals surface area contributed by atoms with Gasteiger partial charge >= 0.3 is 12.2 Å². The van der Waals surface area contributed by atoms with Crippen molar-refractivity contribution in [1.29, 1.82) is 0 Å². The highest BCUT2D eigenvalue weighted by molar-refractivity contribution is 6.80. The molecule has 1 aromatic carbocycles. The quantitative estimate of drug-likeness (QED) is 0.554. The zero-order valence-electron chi connectivity index (χ0n) is 18.4. The molecular weight excluding hydrogens is 413 g/mol. The van der Waals surface area contributed by atoms with E-state index in [1.807, 2.05) is 13.8 Å². The summed E-state index contributed by atoms with van der Waals surface area (Å²) in [5.74, 6) is 0.482. The molecule has 0 bridgehead atoms. The lowest BCUT2D eigenvalue weighted by atomic mass is 10.2. The molecule has 1 rings (SSSR count). The number of rotatable bonds is 7. The van der Waals surface area contributed by atoms with E-state index in [1.54, 1.807) is 52.0 Å². The molecule has 7 nitrogen and oxygen atoms in total. The minimum Gasteiger partial charge on any atom is -0.489 e. The standard InChI is InChI=1S/C18H25FN2O5.C2H6.BCl/c1-5-24-17(23)21-14-6-8-15(9-7-14)25-12-13(10-19)11-20-16(22)26-18(2,3)4;2*1-2/h6-10H,5,11-12H2,1-4H3,(H,20,22)(H,21,23);1-2H3;/b13-10+;;. The second-order valence-corrected chi connectivity index (χ2v) is 6.28. The minimum absolute atomic E-state index is 0.0338. The predicted molar refractivity (Wildman–Crippen MR) is 119 cm³/mol. The van der Waals surface area contributed by atoms with Gasteiger partial charge in [-0.1, -0.05) is 13.8 Å². The Morgan fingerprint density at radius 3 is 2.17 bits per heavy atom. The van der Waals surface area contributed by atoms with E-state index in [4.69, 9.17) is 14.2 Å². The van der Waals surface area contributed by atoms with Crippen molar-refractivity contribution in [2.24, 2.45) is 0 Å². The smallest absolute Gasteiger partial charge is 0.411 e. The van der Waals surface area contributed by atoms with Gasteiger partial charge in [0, 0.05) is 17.8 Å². The molecule has 2 N–H and O–H groups in total. The second kappa shape index (κ2) is 17.4. The minimum atomic E-state index is -0.633. The first kappa shape index (κ1) is 29.8. The Morgan fingerprint density at radius 1 is 1.13 bits per heavy atom. The van der Waals surface area contributed by atoms with Gasteiger partial charge in [0.1, 0.15) is 18.0 Å². The molecule has 0 fully saturated rings. The summed E-state index contributed by atoms with van der Waals surface area (Å²) in [5, 5.41) is 5.01. The van der Waals surface area contributed by atoms with E-state index in [0.717, 1.165) is 0 Å². The van der Waals surface area contributed by atoms with Crippen molar-refractivity contribution in [2.75, 3.05) is 25.1 Å². The maximum atomic E-state index is 12.9. The molecule has 0 aliphatic heterocycles. The van der Waals surface area contributed by atoms with Crippen LogP contribution < -0.4 is 15.4 Å². The van der Waals surface area contributed by atoms with E-state index < -0.39 is 17.8 Å². The van der Waals surface area contributed by atoms with E-state index in [1.165, 1.54) is 0 Å². The number of hydrogen-bond donors (Lipinski definition) is 2. The number of ether oxygens (including phenoxy) is 3. The number of carbonyl (C=O) groups excluding carboxylic acids is 2. The summed E-state index contributed by atoms with van der Waals surface area (Å²) in [5.41, 5.74) is 0.160. The second-order valence-electron chi connectivity index (χ2n) is 6.28. The van der Waals surface area contributed by atoms with Crippen LogP contribution in [0.4, 0.5) is 19.7 Å². The summed E-state index contributed by atoms with van der Waals surface area (Å²) in [6.07, 6.45) is -0.795. The molecule has 1 aromatic rings. The van der Waals surface area contributed by atoms with Crippen molar-refractivity contribution >= 4 is 36.6 Å². The third-order valence-corrected chi connectivity index (χ3v) is 2.81. The summed E-state index contributed by atoms with van der Waals surface area (Å²) < 4.78 is 28.2. The molecule has 0 atom stereocenters. The van der Waals surface area contributed by atoms with Crippen molar-refractivity contribution in [3.05, 3.63) is 36.2 Å². The average Bonchev–Trinajstić information content (AvgIpc) is 2.71. The number of anilines is 1. The van der Waals surface area contributed by atoms with E-state index in [0.29, 0.717) is 17.8 Å². The van der Waals surface area contributed by atoms with Crippen LogP contribution in [0, 0.1) is 0 Å². The lowest BCUT2D eigenvalue weighted by Crippen LogP contribution is -2.34. The van der Waals surface area contributed by atoms with Gasteiger partial charge in [-0.2, -0.15) is 0 Å². The summed E-state index contributed by atoms with van der Waals surface area (Å²) in [7, 11) is 3.97. The maximum absolute atomic E-state index is 12.9. The number of alkyl carbamates (subject to hydrolysis) is 1. The van der Waals surface area contributed by atoms with Crippen LogP contribution in [0.3, 0.4) is 0 Å². The third-order valence-electron chi connectivity index (χ3n) is 2.81. The van der Waals surface area contributed by atoms with E-state index in [2.05, 4.69) is 29.4 Å². The van der Waals surface area contributed by atoms with Gasteiger partial charge in [0.25, 0.3) is 0 Å². The van der Waals surface area contributed by atoms with Crippen molar-refractivity contribution < 1.29 is 28.2 Å². The first-order chi connectivity index (χ1) is 14.2. The Morgan fingerprint density at radius 2 is 1.70 bits per heavy atom. The van der Waals surface area contributed by atoms with Gasteiger partial charge in [0.15, 0.2) is 0 Å². The zero-order chi connectivity index (χ0) is 23.6. The van der Waals surface area contributed by atoms with Gasteiger partial charge in [-0.15, -0.1) is 0 Å². The number of amides is 2. The number of halogens is 2. The fourth-order valence-electron chi connectivity index (χ4n) is 1.72. The molecule has 0 aromatic heterocycles. The van der Waals surface area contributed by atoms with Crippen LogP contribution in [0.25, 0.3) is 0 Å². The third kappa shape index (κ3) is 15.5. The van der Waals surface area contributed by atoms with Crippen molar-refractivity contribution in [3.8, 4) is 5.75 Å². The summed E-state index contributed by atoms with van der Waals surface area (Å²) >= 11 is 4.14. The van der Waals surface area contributed by atoms with E-state index in [-0.39, 0.29) is 25.3 Å². The van der Waals surface area contributed by atoms with Crippen LogP contribution in [0.15, 0.2) is 36.2 Å². The SMILES string of the molecule is CC.CCOC(=O)Nc1ccc(OC/C(=C/F)CNC(=O)OC(C)(C)C)cc1.[B]Cl. The Balaban J connectivity index is 0. The lowest BCUT2D eigenvalue weighted by molar-refractivity contribution is 0.0531. The molecular formula is C20H31BClFN2O5. The maximum Gasteiger partial charge on any atom is 0.411 e. The van der Waals surface area contributed by atoms with Crippen LogP contribution in [-0.2, 0) is 9.47 Å². The van der Waals surface area contributed by atoms with Gasteiger partial charge in [-0.3, -0.25) is 5.32 Å². The highest BCUT2D eigenvalue weighted by atomic mass is 35.5. The molecule has 0 aliphatic rings. The van der Waals surface area contributed by atoms with Crippen LogP contribution in [0.5, 0.6) is 5.75 Å². The van der Waals surface area contributed by atoms with E-state index in [9.17, 15) is 14.0 Å². The number of hydrogen-bond acceptors (Lipinski definition) is 5. The number of nitrogens with one attached hydrogen (secondary N) is 2. The highest BCUT2D eigenvalue weighted by Gasteiger charge is 2.16. The molecule has 0 unspecified atom stereocenters. The van der Waals surface area contributed by atoms with Crippen molar-refractivity contribution in [1.82, 2.24) is 5.32 Å². The van der Waals surface area contributed by atoms with Crippen molar-refractivity contribution in [3.63, 3.8) is 0 Å². The Bertz CT molecular complexity index is 637. The number of carbonyl (C=O) groups is 2. The molecule has 10 heteroatoms. The summed E-state index contributed by atoms with van der Waals surface area (Å²) in [6.45, 7) is 11.1. The van der Waals surface area contributed by atoms with Gasteiger partial charge in [-0.25, -0.2) is 25.4 Å². The van der Waals surface area contributed by atoms with Crippen LogP contribution in [0.1, 0.15) is 41.5 Å². The van der Waals surface area contributed by atoms with Crippen molar-refractivity contribution in [2.45, 2.75) is 47.1 Å². The molecule has 0 aliphatic carbocycles. The molecule has 0 saturated carbocycles. The fraction of sp³-hybridized carbons (Fsp3) is 0.500. The first-order valence-corrected chi connectivity index (χ1v) is 9.80. The Hall–Kier alpha value is -2.42. The predicted octanol–water partition coefficient (Wildman–Crippen LogP) is 5.35. The van der Waals surface area contributed by atoms with E-state index >= 15 is 0 Å². The largest absolute Gasteiger partial charge is 0.489 e. The molecule has 0 heterocycles. The van der Waals surface area contributed by atoms with Gasteiger partial charge in [0.05, 0.1) is 12.9 Å². The van der Waals surface area contributed by atoms with Gasteiger partial charge in [-0.05, 0) is 52.0 Å². The van der Waals surface area contributed by atoms with Crippen LogP contribution in [0.2, 0.25) is 0 Å². The molecule has 0 saturated heterocycles. The fourth-order valence-corrected chi connectivity index (χ4v) is 1.72. The normalized spacial score (nSPS) is 10.3. The summed E-state index contributed by atoms with van der Waals surface area (Å²) in [6, 6.07) is 6.51. The van der Waals surface area contributed by atoms with Gasteiger partial charge < -0.3 is 19.5 Å². The molecule has 2 amide bonds. The number of benzene rings is 1. The first-order valence-electron chi connectivity index (χ1n) is 9.37. The Kier molecular flexibility index (Phi) is 17.3. The zero-order valence-corrected chi connectivity index (χ0v) is 19.1. The lowest BCUT2D eigenvalue weighted by Gasteiger charge is -2.20. The average molecular weight is 445 g/mol.